The molecule has 0 unspecified atom stereocenters. The fourth-order valence-corrected chi connectivity index (χ4v) is 3.56. The molecular formula is C15H22N2S2. The Balaban J connectivity index is 1.90. The topological polar surface area (TPSA) is 6.48 Å². The third-order valence-corrected chi connectivity index (χ3v) is 4.84. The van der Waals surface area contributed by atoms with Crippen molar-refractivity contribution in [3.05, 3.63) is 35.9 Å². The van der Waals surface area contributed by atoms with E-state index < -0.39 is 0 Å². The van der Waals surface area contributed by atoms with Crippen LogP contribution in [0.5, 0.6) is 0 Å². The molecule has 104 valence electrons. The van der Waals surface area contributed by atoms with E-state index >= 15 is 0 Å². The van der Waals surface area contributed by atoms with Gasteiger partial charge in [-0.05, 0) is 32.8 Å². The van der Waals surface area contributed by atoms with Crippen LogP contribution in [0.3, 0.4) is 0 Å². The third kappa shape index (κ3) is 4.20. The summed E-state index contributed by atoms with van der Waals surface area (Å²) in [5.74, 6) is 1.01. The van der Waals surface area contributed by atoms with Crippen LogP contribution in [-0.4, -0.2) is 38.7 Å². The molecule has 0 saturated carbocycles. The van der Waals surface area contributed by atoms with Crippen LogP contribution < -0.4 is 0 Å². The smallest absolute Gasteiger partial charge is 0.139 e. The molecule has 1 fully saturated rings. The molecule has 2 nitrogen and oxygen atoms in total. The zero-order valence-electron chi connectivity index (χ0n) is 11.9. The van der Waals surface area contributed by atoms with Crippen molar-refractivity contribution < 1.29 is 0 Å². The van der Waals surface area contributed by atoms with Crippen molar-refractivity contribution in [3.8, 4) is 0 Å². The second kappa shape index (κ2) is 6.25. The van der Waals surface area contributed by atoms with E-state index in [9.17, 15) is 0 Å². The minimum absolute atomic E-state index is 0.107. The van der Waals surface area contributed by atoms with Gasteiger partial charge in [-0.25, -0.2) is 0 Å². The van der Waals surface area contributed by atoms with Crippen LogP contribution in [0.25, 0.3) is 0 Å². The van der Waals surface area contributed by atoms with E-state index in [1.165, 1.54) is 5.56 Å². The first-order chi connectivity index (χ1) is 8.97. The van der Waals surface area contributed by atoms with Gasteiger partial charge in [-0.3, -0.25) is 4.90 Å². The molecule has 1 aliphatic rings. The van der Waals surface area contributed by atoms with E-state index in [-0.39, 0.29) is 5.54 Å². The first-order valence-electron chi connectivity index (χ1n) is 6.67. The van der Waals surface area contributed by atoms with Crippen LogP contribution in [-0.2, 0) is 6.42 Å². The number of hydrogen-bond acceptors (Lipinski definition) is 3. The Bertz CT molecular complexity index is 426. The van der Waals surface area contributed by atoms with Crippen molar-refractivity contribution in [3.63, 3.8) is 0 Å². The Morgan fingerprint density at radius 2 is 1.89 bits per heavy atom. The number of hydrogen-bond donors (Lipinski definition) is 0. The number of rotatable bonds is 3. The van der Waals surface area contributed by atoms with Crippen LogP contribution in [0.2, 0.25) is 0 Å². The summed E-state index contributed by atoms with van der Waals surface area (Å²) in [6.45, 7) is 8.70. The summed E-state index contributed by atoms with van der Waals surface area (Å²) in [5.41, 5.74) is 1.51. The van der Waals surface area contributed by atoms with Crippen LogP contribution in [0.1, 0.15) is 26.3 Å². The molecule has 1 aromatic rings. The van der Waals surface area contributed by atoms with Gasteiger partial charge in [0.25, 0.3) is 0 Å². The first-order valence-corrected chi connectivity index (χ1v) is 8.07. The van der Waals surface area contributed by atoms with Gasteiger partial charge < -0.3 is 4.90 Å². The molecule has 1 aromatic carbocycles. The van der Waals surface area contributed by atoms with Gasteiger partial charge in [-0.2, -0.15) is 0 Å². The summed E-state index contributed by atoms with van der Waals surface area (Å²) < 4.78 is 1.03. The minimum Gasteiger partial charge on any atom is -0.340 e. The highest BCUT2D eigenvalue weighted by atomic mass is 32.2. The van der Waals surface area contributed by atoms with Gasteiger partial charge in [-0.1, -0.05) is 54.3 Å². The highest BCUT2D eigenvalue weighted by Crippen LogP contribution is 2.26. The standard InChI is InChI=1S/C15H22N2S2/c1-15(2,3)17-11-16(12-19-14(17)18)10-9-13-7-5-4-6-8-13/h4-8H,9-12H2,1-3H3. The Labute approximate surface area is 126 Å². The lowest BCUT2D eigenvalue weighted by Gasteiger charge is -2.44. The predicted octanol–water partition coefficient (Wildman–Crippen LogP) is 3.58. The number of thiocarbonyl (C=S) groups is 1. The molecule has 1 aliphatic heterocycles. The molecule has 0 bridgehead atoms. The molecule has 19 heavy (non-hydrogen) atoms. The maximum atomic E-state index is 5.47. The molecule has 4 heteroatoms. The van der Waals surface area contributed by atoms with E-state index in [1.54, 1.807) is 11.8 Å². The van der Waals surface area contributed by atoms with E-state index in [4.69, 9.17) is 12.2 Å². The summed E-state index contributed by atoms with van der Waals surface area (Å²) in [6.07, 6.45) is 1.10. The van der Waals surface area contributed by atoms with Gasteiger partial charge >= 0.3 is 0 Å². The Hall–Kier alpha value is -0.580. The first kappa shape index (κ1) is 14.8. The van der Waals surface area contributed by atoms with Gasteiger partial charge in [0.1, 0.15) is 4.32 Å². The summed E-state index contributed by atoms with van der Waals surface area (Å²) >= 11 is 7.25. The second-order valence-electron chi connectivity index (χ2n) is 5.91. The third-order valence-electron chi connectivity index (χ3n) is 3.30. The fraction of sp³-hybridized carbons (Fsp3) is 0.533. The average molecular weight is 294 g/mol. The van der Waals surface area contributed by atoms with Crippen molar-refractivity contribution in [2.24, 2.45) is 0 Å². The molecule has 1 saturated heterocycles. The average Bonchev–Trinajstić information content (AvgIpc) is 2.37. The summed E-state index contributed by atoms with van der Waals surface area (Å²) in [4.78, 5) is 4.79. The molecule has 2 rings (SSSR count). The van der Waals surface area contributed by atoms with E-state index in [2.05, 4.69) is 60.9 Å². The molecule has 0 radical (unpaired) electrons. The van der Waals surface area contributed by atoms with Crippen LogP contribution >= 0.6 is 24.0 Å². The summed E-state index contributed by atoms with van der Waals surface area (Å²) in [5, 5.41) is 0. The van der Waals surface area contributed by atoms with E-state index in [1.807, 2.05) is 0 Å². The van der Waals surface area contributed by atoms with Crippen LogP contribution in [0.4, 0.5) is 0 Å². The lowest BCUT2D eigenvalue weighted by Crippen LogP contribution is -2.53. The molecule has 0 spiro atoms. The van der Waals surface area contributed by atoms with Crippen molar-refractivity contribution >= 4 is 28.3 Å². The number of benzene rings is 1. The maximum Gasteiger partial charge on any atom is 0.139 e. The SMILES string of the molecule is CC(C)(C)N1CN(CCc2ccccc2)CSC1=S. The Morgan fingerprint density at radius 3 is 2.53 bits per heavy atom. The predicted molar refractivity (Wildman–Crippen MR) is 88.4 cm³/mol. The second-order valence-corrected chi connectivity index (χ2v) is 7.49. The molecule has 0 amide bonds. The lowest BCUT2D eigenvalue weighted by atomic mass is 10.1. The number of nitrogens with zero attached hydrogens (tertiary/aromatic N) is 2. The van der Waals surface area contributed by atoms with Crippen molar-refractivity contribution in [2.45, 2.75) is 32.7 Å². The van der Waals surface area contributed by atoms with Gasteiger partial charge in [0, 0.05) is 12.1 Å². The molecule has 0 N–H and O–H groups in total. The molecule has 0 atom stereocenters. The van der Waals surface area contributed by atoms with Crippen molar-refractivity contribution in [1.29, 1.82) is 0 Å². The largest absolute Gasteiger partial charge is 0.340 e. The lowest BCUT2D eigenvalue weighted by molar-refractivity contribution is 0.139. The van der Waals surface area contributed by atoms with Crippen molar-refractivity contribution in [2.75, 3.05) is 19.1 Å². The summed E-state index contributed by atoms with van der Waals surface area (Å²) in [6, 6.07) is 10.7. The van der Waals surface area contributed by atoms with Gasteiger partial charge in [0.15, 0.2) is 0 Å². The molecule has 1 heterocycles. The molecular weight excluding hydrogens is 272 g/mol. The van der Waals surface area contributed by atoms with Crippen LogP contribution in [0.15, 0.2) is 30.3 Å². The number of thioether (sulfide) groups is 1. The normalized spacial score (nSPS) is 17.8. The zero-order chi connectivity index (χ0) is 13.9. The van der Waals surface area contributed by atoms with E-state index in [0.29, 0.717) is 0 Å². The van der Waals surface area contributed by atoms with E-state index in [0.717, 1.165) is 29.8 Å². The maximum absolute atomic E-state index is 5.47. The molecule has 0 aliphatic carbocycles. The highest BCUT2D eigenvalue weighted by molar-refractivity contribution is 8.22. The van der Waals surface area contributed by atoms with Gasteiger partial charge in [0.2, 0.25) is 0 Å². The fourth-order valence-electron chi connectivity index (χ4n) is 2.08. The van der Waals surface area contributed by atoms with Crippen molar-refractivity contribution in [1.82, 2.24) is 9.80 Å². The minimum atomic E-state index is 0.107. The Kier molecular flexibility index (Phi) is 4.87. The molecule has 0 aromatic heterocycles. The Morgan fingerprint density at radius 1 is 1.21 bits per heavy atom. The van der Waals surface area contributed by atoms with Gasteiger partial charge in [0.05, 0.1) is 12.5 Å². The highest BCUT2D eigenvalue weighted by Gasteiger charge is 2.29. The quantitative estimate of drug-likeness (QED) is 0.786. The van der Waals surface area contributed by atoms with Gasteiger partial charge in [-0.15, -0.1) is 0 Å². The van der Waals surface area contributed by atoms with Crippen LogP contribution in [0, 0.1) is 0 Å². The summed E-state index contributed by atoms with van der Waals surface area (Å²) in [7, 11) is 0. The zero-order valence-corrected chi connectivity index (χ0v) is 13.6. The monoisotopic (exact) mass is 294 g/mol.